The lowest BCUT2D eigenvalue weighted by Crippen LogP contribution is -2.19. The number of ether oxygens (including phenoxy) is 1. The van der Waals surface area contributed by atoms with Gasteiger partial charge in [0.05, 0.1) is 17.7 Å². The number of thiazole rings is 1. The maximum absolute atomic E-state index is 12.1. The Kier molecular flexibility index (Phi) is 8.14. The third-order valence-electron chi connectivity index (χ3n) is 4.46. The molecule has 33 heavy (non-hydrogen) atoms. The predicted octanol–water partition coefficient (Wildman–Crippen LogP) is 6.28. The number of rotatable bonds is 9. The SMILES string of the molecule is O=C(CSc1nc(-c2ccc(Cl)cc2)cs1)N/N=C/c1cccc(OCc2ccccc2)c1. The van der Waals surface area contributed by atoms with Crippen LogP contribution in [-0.4, -0.2) is 22.9 Å². The number of carbonyl (C=O) groups excluding carboxylic acids is 1. The van der Waals surface area contributed by atoms with Gasteiger partial charge in [-0.05, 0) is 35.4 Å². The molecule has 0 atom stereocenters. The molecule has 3 aromatic carbocycles. The molecule has 1 aromatic heterocycles. The average molecular weight is 494 g/mol. The number of hydrogen-bond donors (Lipinski definition) is 1. The lowest BCUT2D eigenvalue weighted by molar-refractivity contribution is -0.118. The monoisotopic (exact) mass is 493 g/mol. The Morgan fingerprint density at radius 1 is 1.09 bits per heavy atom. The van der Waals surface area contributed by atoms with Crippen molar-refractivity contribution in [2.75, 3.05) is 5.75 Å². The van der Waals surface area contributed by atoms with Crippen molar-refractivity contribution in [3.05, 3.63) is 100 Å². The Morgan fingerprint density at radius 3 is 2.73 bits per heavy atom. The predicted molar refractivity (Wildman–Crippen MR) is 136 cm³/mol. The van der Waals surface area contributed by atoms with Crippen molar-refractivity contribution >= 4 is 46.8 Å². The zero-order valence-corrected chi connectivity index (χ0v) is 19.9. The van der Waals surface area contributed by atoms with Gasteiger partial charge in [0.1, 0.15) is 12.4 Å². The zero-order valence-electron chi connectivity index (χ0n) is 17.5. The van der Waals surface area contributed by atoms with Crippen LogP contribution in [-0.2, 0) is 11.4 Å². The fourth-order valence-corrected chi connectivity index (χ4v) is 4.59. The van der Waals surface area contributed by atoms with Crippen molar-refractivity contribution in [2.45, 2.75) is 10.9 Å². The quantitative estimate of drug-likeness (QED) is 0.169. The normalized spacial score (nSPS) is 10.9. The molecule has 4 aromatic rings. The van der Waals surface area contributed by atoms with Crippen LogP contribution < -0.4 is 10.2 Å². The van der Waals surface area contributed by atoms with Crippen LogP contribution in [0.5, 0.6) is 5.75 Å². The van der Waals surface area contributed by atoms with Gasteiger partial charge in [-0.3, -0.25) is 4.79 Å². The van der Waals surface area contributed by atoms with E-state index in [1.54, 1.807) is 6.21 Å². The van der Waals surface area contributed by atoms with Crippen molar-refractivity contribution in [3.8, 4) is 17.0 Å². The van der Waals surface area contributed by atoms with Gasteiger partial charge < -0.3 is 4.74 Å². The number of hydrazone groups is 1. The van der Waals surface area contributed by atoms with Gasteiger partial charge in [0.15, 0.2) is 4.34 Å². The summed E-state index contributed by atoms with van der Waals surface area (Å²) >= 11 is 8.81. The van der Waals surface area contributed by atoms with Crippen LogP contribution in [0, 0.1) is 0 Å². The van der Waals surface area contributed by atoms with Gasteiger partial charge in [-0.1, -0.05) is 78.0 Å². The topological polar surface area (TPSA) is 63.6 Å². The molecule has 0 saturated carbocycles. The minimum Gasteiger partial charge on any atom is -0.489 e. The first-order valence-electron chi connectivity index (χ1n) is 10.1. The number of nitrogens with zero attached hydrogens (tertiary/aromatic N) is 2. The van der Waals surface area contributed by atoms with Gasteiger partial charge in [0, 0.05) is 16.0 Å². The average Bonchev–Trinajstić information content (AvgIpc) is 3.32. The summed E-state index contributed by atoms with van der Waals surface area (Å²) in [7, 11) is 0. The van der Waals surface area contributed by atoms with Gasteiger partial charge in [0.25, 0.3) is 5.91 Å². The molecule has 0 fully saturated rings. The molecule has 0 bridgehead atoms. The second kappa shape index (κ2) is 11.7. The van der Waals surface area contributed by atoms with E-state index in [0.717, 1.165) is 32.5 Å². The number of hydrogen-bond acceptors (Lipinski definition) is 6. The fourth-order valence-electron chi connectivity index (χ4n) is 2.84. The number of amides is 1. The van der Waals surface area contributed by atoms with Gasteiger partial charge in [-0.15, -0.1) is 11.3 Å². The highest BCUT2D eigenvalue weighted by molar-refractivity contribution is 8.01. The number of benzene rings is 3. The first kappa shape index (κ1) is 23.0. The Morgan fingerprint density at radius 2 is 1.91 bits per heavy atom. The summed E-state index contributed by atoms with van der Waals surface area (Å²) in [5.41, 5.74) is 6.35. The number of nitrogens with one attached hydrogen (secondary N) is 1. The van der Waals surface area contributed by atoms with E-state index in [4.69, 9.17) is 16.3 Å². The summed E-state index contributed by atoms with van der Waals surface area (Å²) in [6.07, 6.45) is 1.60. The molecule has 0 aliphatic carbocycles. The van der Waals surface area contributed by atoms with E-state index < -0.39 is 0 Å². The molecule has 0 spiro atoms. The van der Waals surface area contributed by atoms with Crippen molar-refractivity contribution in [2.24, 2.45) is 5.10 Å². The molecule has 166 valence electrons. The Labute approximate surface area is 205 Å². The molecule has 0 aliphatic rings. The van der Waals surface area contributed by atoms with Crippen LogP contribution in [0.25, 0.3) is 11.3 Å². The first-order chi connectivity index (χ1) is 16.2. The first-order valence-corrected chi connectivity index (χ1v) is 12.3. The maximum atomic E-state index is 12.1. The molecule has 4 rings (SSSR count). The fraction of sp³-hybridized carbons (Fsp3) is 0.0800. The Bertz CT molecular complexity index is 1230. The van der Waals surface area contributed by atoms with E-state index >= 15 is 0 Å². The molecule has 5 nitrogen and oxygen atoms in total. The van der Waals surface area contributed by atoms with Gasteiger partial charge in [-0.2, -0.15) is 5.10 Å². The summed E-state index contributed by atoms with van der Waals surface area (Å²) in [5, 5.41) is 6.71. The number of aromatic nitrogens is 1. The summed E-state index contributed by atoms with van der Waals surface area (Å²) in [4.78, 5) is 16.7. The summed E-state index contributed by atoms with van der Waals surface area (Å²) < 4.78 is 6.64. The largest absolute Gasteiger partial charge is 0.489 e. The van der Waals surface area contributed by atoms with Crippen molar-refractivity contribution in [1.82, 2.24) is 10.4 Å². The maximum Gasteiger partial charge on any atom is 0.250 e. The highest BCUT2D eigenvalue weighted by Gasteiger charge is 2.08. The molecule has 0 radical (unpaired) electrons. The third-order valence-corrected chi connectivity index (χ3v) is 6.73. The van der Waals surface area contributed by atoms with Crippen molar-refractivity contribution < 1.29 is 9.53 Å². The van der Waals surface area contributed by atoms with E-state index in [2.05, 4.69) is 15.5 Å². The van der Waals surface area contributed by atoms with E-state index in [1.165, 1.54) is 23.1 Å². The number of halogens is 1. The summed E-state index contributed by atoms with van der Waals surface area (Å²) in [5.74, 6) is 0.770. The molecule has 0 aliphatic heterocycles. The van der Waals surface area contributed by atoms with E-state index in [0.29, 0.717) is 11.6 Å². The van der Waals surface area contributed by atoms with E-state index in [1.807, 2.05) is 84.2 Å². The van der Waals surface area contributed by atoms with Crippen LogP contribution in [0.2, 0.25) is 5.02 Å². The molecular weight excluding hydrogens is 474 g/mol. The van der Waals surface area contributed by atoms with Crippen molar-refractivity contribution in [3.63, 3.8) is 0 Å². The molecule has 0 unspecified atom stereocenters. The van der Waals surface area contributed by atoms with Crippen LogP contribution in [0.3, 0.4) is 0 Å². The molecule has 0 saturated heterocycles. The summed E-state index contributed by atoms with van der Waals surface area (Å²) in [6.45, 7) is 0.492. The Balaban J connectivity index is 1.23. The second-order valence-corrected chi connectivity index (χ2v) is 9.45. The summed E-state index contributed by atoms with van der Waals surface area (Å²) in [6, 6.07) is 25.0. The van der Waals surface area contributed by atoms with Crippen LogP contribution in [0.15, 0.2) is 93.7 Å². The highest BCUT2D eigenvalue weighted by Crippen LogP contribution is 2.28. The minimum absolute atomic E-state index is 0.198. The molecule has 8 heteroatoms. The van der Waals surface area contributed by atoms with Crippen molar-refractivity contribution in [1.29, 1.82) is 0 Å². The van der Waals surface area contributed by atoms with Gasteiger partial charge in [-0.25, -0.2) is 10.4 Å². The third kappa shape index (κ3) is 7.18. The Hall–Kier alpha value is -3.13. The van der Waals surface area contributed by atoms with Gasteiger partial charge in [0.2, 0.25) is 0 Å². The van der Waals surface area contributed by atoms with Crippen LogP contribution in [0.1, 0.15) is 11.1 Å². The van der Waals surface area contributed by atoms with E-state index in [-0.39, 0.29) is 11.7 Å². The smallest absolute Gasteiger partial charge is 0.250 e. The zero-order chi connectivity index (χ0) is 22.9. The number of thioether (sulfide) groups is 1. The lowest BCUT2D eigenvalue weighted by atomic mass is 10.2. The molecular formula is C25H20ClN3O2S2. The minimum atomic E-state index is -0.198. The standard InChI is InChI=1S/C25H20ClN3O2S2/c26-21-11-9-20(10-12-21)23-16-32-25(28-23)33-17-24(30)29-27-14-19-7-4-8-22(13-19)31-15-18-5-2-1-3-6-18/h1-14,16H,15,17H2,(H,29,30)/b27-14+. The van der Waals surface area contributed by atoms with Crippen LogP contribution in [0.4, 0.5) is 0 Å². The lowest BCUT2D eigenvalue weighted by Gasteiger charge is -2.06. The molecule has 1 N–H and O–H groups in total. The molecule has 1 amide bonds. The van der Waals surface area contributed by atoms with Gasteiger partial charge >= 0.3 is 0 Å². The highest BCUT2D eigenvalue weighted by atomic mass is 35.5. The number of carbonyl (C=O) groups is 1. The van der Waals surface area contributed by atoms with E-state index in [9.17, 15) is 4.79 Å². The molecule has 1 heterocycles. The van der Waals surface area contributed by atoms with Crippen LogP contribution >= 0.6 is 34.7 Å². The second-order valence-electron chi connectivity index (χ2n) is 6.93.